The third kappa shape index (κ3) is 2.24. The molecule has 104 valence electrons. The molecule has 3 aromatic rings. The summed E-state index contributed by atoms with van der Waals surface area (Å²) in [5, 5.41) is 7.37. The van der Waals surface area contributed by atoms with Crippen molar-refractivity contribution in [3.63, 3.8) is 0 Å². The summed E-state index contributed by atoms with van der Waals surface area (Å²) in [4.78, 5) is 14.3. The monoisotopic (exact) mass is 288 g/mol. The Kier molecular flexibility index (Phi) is 3.35. The lowest BCUT2D eigenvalue weighted by Crippen LogP contribution is -2.10. The average molecular weight is 288 g/mol. The Balaban J connectivity index is 1.98. The van der Waals surface area contributed by atoms with E-state index in [4.69, 9.17) is 5.73 Å². The number of aromatic nitrogens is 5. The van der Waals surface area contributed by atoms with E-state index in [1.165, 1.54) is 0 Å². The zero-order valence-corrected chi connectivity index (χ0v) is 12.3. The smallest absolute Gasteiger partial charge is 0.153 e. The molecule has 0 bridgehead atoms. The molecule has 0 aliphatic heterocycles. The molecule has 0 saturated carbocycles. The van der Waals surface area contributed by atoms with Crippen LogP contribution in [0, 0.1) is 0 Å². The molecule has 0 fully saturated rings. The van der Waals surface area contributed by atoms with E-state index in [2.05, 4.69) is 27.0 Å². The number of rotatable bonds is 4. The summed E-state index contributed by atoms with van der Waals surface area (Å²) in [6.07, 6.45) is 1.66. The van der Waals surface area contributed by atoms with E-state index in [0.29, 0.717) is 18.2 Å². The number of hydrogen-bond donors (Lipinski definition) is 1. The minimum atomic E-state index is 0.508. The summed E-state index contributed by atoms with van der Waals surface area (Å²) in [6, 6.07) is 1.95. The van der Waals surface area contributed by atoms with Crippen molar-refractivity contribution in [1.82, 2.24) is 24.7 Å². The third-order valence-corrected chi connectivity index (χ3v) is 3.92. The standard InChI is InChI=1S/C13H16N6S/c1-3-9-15-11(4-2)19(18-9)7-10-16-12(14)8-5-6-20-13(8)17-10/h5-6H,3-4,7H2,1-2H3,(H2,14,16,17). The van der Waals surface area contributed by atoms with Crippen molar-refractivity contribution in [2.75, 3.05) is 5.73 Å². The zero-order chi connectivity index (χ0) is 14.1. The molecule has 0 radical (unpaired) electrons. The molecule has 6 nitrogen and oxygen atoms in total. The quantitative estimate of drug-likeness (QED) is 0.794. The van der Waals surface area contributed by atoms with Gasteiger partial charge in [-0.15, -0.1) is 11.3 Å². The number of aryl methyl sites for hydroxylation is 2. The van der Waals surface area contributed by atoms with Crippen LogP contribution in [0.4, 0.5) is 5.82 Å². The Hall–Kier alpha value is -2.02. The highest BCUT2D eigenvalue weighted by atomic mass is 32.1. The Bertz CT molecular complexity index is 744. The lowest BCUT2D eigenvalue weighted by molar-refractivity contribution is 0.616. The maximum atomic E-state index is 5.97. The second-order valence-corrected chi connectivity index (χ2v) is 5.37. The van der Waals surface area contributed by atoms with Gasteiger partial charge in [0, 0.05) is 12.8 Å². The zero-order valence-electron chi connectivity index (χ0n) is 11.5. The Morgan fingerprint density at radius 3 is 2.75 bits per heavy atom. The van der Waals surface area contributed by atoms with Gasteiger partial charge in [-0.3, -0.25) is 0 Å². The van der Waals surface area contributed by atoms with Gasteiger partial charge in [0.1, 0.15) is 23.0 Å². The molecule has 3 heterocycles. The Morgan fingerprint density at radius 2 is 2.00 bits per heavy atom. The van der Waals surface area contributed by atoms with Crippen molar-refractivity contribution in [3.8, 4) is 0 Å². The number of nitrogens with zero attached hydrogens (tertiary/aromatic N) is 5. The summed E-state index contributed by atoms with van der Waals surface area (Å²) in [5.74, 6) is 3.02. The highest BCUT2D eigenvalue weighted by molar-refractivity contribution is 7.16. The molecule has 0 aliphatic rings. The van der Waals surface area contributed by atoms with Gasteiger partial charge in [-0.2, -0.15) is 5.10 Å². The summed E-state index contributed by atoms with van der Waals surface area (Å²) in [7, 11) is 0. The van der Waals surface area contributed by atoms with Crippen molar-refractivity contribution in [2.45, 2.75) is 33.2 Å². The SMILES string of the molecule is CCc1nc(CC)n(Cc2nc(N)c3ccsc3n2)n1. The predicted molar refractivity (Wildman–Crippen MR) is 79.7 cm³/mol. The second-order valence-electron chi connectivity index (χ2n) is 4.47. The van der Waals surface area contributed by atoms with E-state index < -0.39 is 0 Å². The normalized spacial score (nSPS) is 11.3. The first-order valence-corrected chi connectivity index (χ1v) is 7.51. The van der Waals surface area contributed by atoms with E-state index >= 15 is 0 Å². The van der Waals surface area contributed by atoms with Crippen LogP contribution >= 0.6 is 11.3 Å². The van der Waals surface area contributed by atoms with Crippen molar-refractivity contribution in [2.24, 2.45) is 0 Å². The van der Waals surface area contributed by atoms with E-state index in [0.717, 1.165) is 34.7 Å². The molecule has 0 aromatic carbocycles. The summed E-state index contributed by atoms with van der Waals surface area (Å²) >= 11 is 1.57. The lowest BCUT2D eigenvalue weighted by Gasteiger charge is -2.04. The van der Waals surface area contributed by atoms with Gasteiger partial charge < -0.3 is 5.73 Å². The molecule has 20 heavy (non-hydrogen) atoms. The number of nitrogen functional groups attached to an aromatic ring is 1. The van der Waals surface area contributed by atoms with Crippen molar-refractivity contribution in [1.29, 1.82) is 0 Å². The van der Waals surface area contributed by atoms with E-state index in [1.54, 1.807) is 11.3 Å². The number of thiophene rings is 1. The minimum Gasteiger partial charge on any atom is -0.383 e. The molecule has 0 unspecified atom stereocenters. The molecule has 0 aliphatic carbocycles. The van der Waals surface area contributed by atoms with Gasteiger partial charge in [-0.05, 0) is 11.4 Å². The molecule has 0 amide bonds. The van der Waals surface area contributed by atoms with Gasteiger partial charge in [0.25, 0.3) is 0 Å². The van der Waals surface area contributed by atoms with Crippen LogP contribution in [0.2, 0.25) is 0 Å². The van der Waals surface area contributed by atoms with Crippen LogP contribution in [0.5, 0.6) is 0 Å². The van der Waals surface area contributed by atoms with Crippen LogP contribution in [0.1, 0.15) is 31.3 Å². The van der Waals surface area contributed by atoms with Crippen molar-refractivity contribution < 1.29 is 0 Å². The van der Waals surface area contributed by atoms with E-state index in [9.17, 15) is 0 Å². The molecule has 2 N–H and O–H groups in total. The minimum absolute atomic E-state index is 0.508. The van der Waals surface area contributed by atoms with Gasteiger partial charge in [-0.1, -0.05) is 13.8 Å². The van der Waals surface area contributed by atoms with Crippen molar-refractivity contribution >= 4 is 27.4 Å². The summed E-state index contributed by atoms with van der Waals surface area (Å²) in [5.41, 5.74) is 5.97. The number of hydrogen-bond acceptors (Lipinski definition) is 6. The van der Waals surface area contributed by atoms with Crippen LogP contribution in [-0.4, -0.2) is 24.7 Å². The van der Waals surface area contributed by atoms with Gasteiger partial charge in [0.2, 0.25) is 0 Å². The largest absolute Gasteiger partial charge is 0.383 e. The van der Waals surface area contributed by atoms with Crippen molar-refractivity contribution in [3.05, 3.63) is 28.9 Å². The summed E-state index contributed by atoms with van der Waals surface area (Å²) < 4.78 is 1.87. The first kappa shape index (κ1) is 13.0. The van der Waals surface area contributed by atoms with E-state index in [1.807, 2.05) is 23.1 Å². The maximum Gasteiger partial charge on any atom is 0.153 e. The topological polar surface area (TPSA) is 82.5 Å². The fraction of sp³-hybridized carbons (Fsp3) is 0.385. The first-order chi connectivity index (χ1) is 9.71. The molecule has 3 rings (SSSR count). The highest BCUT2D eigenvalue weighted by Crippen LogP contribution is 2.23. The number of anilines is 1. The first-order valence-electron chi connectivity index (χ1n) is 6.63. The molecular formula is C13H16N6S. The van der Waals surface area contributed by atoms with Gasteiger partial charge in [-0.25, -0.2) is 19.6 Å². The Labute approximate surface area is 120 Å². The molecule has 0 saturated heterocycles. The molecule has 3 aromatic heterocycles. The molecule has 0 atom stereocenters. The predicted octanol–water partition coefficient (Wildman–Crippen LogP) is 2.04. The van der Waals surface area contributed by atoms with Gasteiger partial charge in [0.05, 0.1) is 5.39 Å². The molecular weight excluding hydrogens is 272 g/mol. The summed E-state index contributed by atoms with van der Waals surface area (Å²) in [6.45, 7) is 4.62. The lowest BCUT2D eigenvalue weighted by atomic mass is 10.4. The number of fused-ring (bicyclic) bond motifs is 1. The molecule has 0 spiro atoms. The fourth-order valence-electron chi connectivity index (χ4n) is 2.09. The maximum absolute atomic E-state index is 5.97. The van der Waals surface area contributed by atoms with Gasteiger partial charge >= 0.3 is 0 Å². The average Bonchev–Trinajstić information content (AvgIpc) is 3.05. The van der Waals surface area contributed by atoms with Gasteiger partial charge in [0.15, 0.2) is 11.6 Å². The highest BCUT2D eigenvalue weighted by Gasteiger charge is 2.11. The fourth-order valence-corrected chi connectivity index (χ4v) is 2.88. The third-order valence-electron chi connectivity index (χ3n) is 3.12. The van der Waals surface area contributed by atoms with Crippen LogP contribution < -0.4 is 5.73 Å². The van der Waals surface area contributed by atoms with Crippen LogP contribution in [0.25, 0.3) is 10.2 Å². The molecule has 7 heteroatoms. The van der Waals surface area contributed by atoms with Crippen LogP contribution in [0.3, 0.4) is 0 Å². The van der Waals surface area contributed by atoms with E-state index in [-0.39, 0.29) is 0 Å². The Morgan fingerprint density at radius 1 is 1.15 bits per heavy atom. The van der Waals surface area contributed by atoms with Crippen LogP contribution in [-0.2, 0) is 19.4 Å². The van der Waals surface area contributed by atoms with Crippen LogP contribution in [0.15, 0.2) is 11.4 Å². The second kappa shape index (κ2) is 5.16. The number of nitrogens with two attached hydrogens (primary N) is 1.